The molecule has 19 heavy (non-hydrogen) atoms. The number of aromatic amines is 1. The summed E-state index contributed by atoms with van der Waals surface area (Å²) in [7, 11) is 0. The summed E-state index contributed by atoms with van der Waals surface area (Å²) in [5, 5.41) is 10.3. The second-order valence-corrected chi connectivity index (χ2v) is 4.97. The molecule has 0 amide bonds. The second kappa shape index (κ2) is 4.68. The number of fused-ring (bicyclic) bond motifs is 1. The first-order chi connectivity index (χ1) is 9.13. The number of halogens is 1. The van der Waals surface area contributed by atoms with Gasteiger partial charge in [0.2, 0.25) is 0 Å². The molecule has 0 unspecified atom stereocenters. The number of H-pyrrole nitrogens is 1. The average molecular weight is 273 g/mol. The van der Waals surface area contributed by atoms with Crippen LogP contribution in [0.4, 0.5) is 0 Å². The van der Waals surface area contributed by atoms with Gasteiger partial charge >= 0.3 is 0 Å². The van der Waals surface area contributed by atoms with E-state index in [1.807, 2.05) is 42.5 Å². The van der Waals surface area contributed by atoms with E-state index in [4.69, 9.17) is 11.6 Å². The van der Waals surface area contributed by atoms with Crippen LogP contribution in [0.2, 0.25) is 5.02 Å². The molecular weight excluding hydrogens is 260 g/mol. The lowest BCUT2D eigenvalue weighted by Gasteiger charge is -2.01. The zero-order chi connectivity index (χ0) is 13.4. The molecule has 0 spiro atoms. The van der Waals surface area contributed by atoms with Gasteiger partial charge in [-0.15, -0.1) is 0 Å². The van der Waals surface area contributed by atoms with E-state index >= 15 is 0 Å². The molecule has 1 heterocycles. The number of rotatable bonds is 2. The molecule has 2 N–H and O–H groups in total. The van der Waals surface area contributed by atoms with Crippen molar-refractivity contribution in [1.82, 2.24) is 9.97 Å². The van der Waals surface area contributed by atoms with Gasteiger partial charge in [0.25, 0.3) is 0 Å². The van der Waals surface area contributed by atoms with E-state index in [-0.39, 0.29) is 0 Å². The fraction of sp³-hybridized carbons (Fsp3) is 0.133. The summed E-state index contributed by atoms with van der Waals surface area (Å²) in [5.74, 6) is 0.586. The van der Waals surface area contributed by atoms with Crippen molar-refractivity contribution in [1.29, 1.82) is 0 Å². The first-order valence-electron chi connectivity index (χ1n) is 6.07. The fourth-order valence-electron chi connectivity index (χ4n) is 2.05. The van der Waals surface area contributed by atoms with Crippen molar-refractivity contribution in [3.8, 4) is 11.1 Å². The molecule has 3 nitrogen and oxygen atoms in total. The molecule has 3 aromatic rings. The first kappa shape index (κ1) is 12.2. The predicted molar refractivity (Wildman–Crippen MR) is 77.2 cm³/mol. The summed E-state index contributed by atoms with van der Waals surface area (Å²) >= 11 is 5.89. The van der Waals surface area contributed by atoms with Gasteiger partial charge in [0.1, 0.15) is 11.9 Å². The molecular formula is C15H13ClN2O. The number of hydrogen-bond acceptors (Lipinski definition) is 2. The van der Waals surface area contributed by atoms with Crippen molar-refractivity contribution in [3.05, 3.63) is 53.3 Å². The molecule has 0 fully saturated rings. The van der Waals surface area contributed by atoms with Gasteiger partial charge in [0.05, 0.1) is 11.0 Å². The summed E-state index contributed by atoms with van der Waals surface area (Å²) in [6.07, 6.45) is -0.591. The van der Waals surface area contributed by atoms with E-state index in [0.717, 1.165) is 27.2 Å². The lowest BCUT2D eigenvalue weighted by atomic mass is 10.1. The number of hydrogen-bond donors (Lipinski definition) is 2. The highest BCUT2D eigenvalue weighted by Crippen LogP contribution is 2.25. The van der Waals surface area contributed by atoms with E-state index < -0.39 is 6.10 Å². The van der Waals surface area contributed by atoms with Gasteiger partial charge in [-0.2, -0.15) is 0 Å². The van der Waals surface area contributed by atoms with Crippen LogP contribution >= 0.6 is 11.6 Å². The van der Waals surface area contributed by atoms with Crippen molar-refractivity contribution >= 4 is 22.6 Å². The Bertz CT molecular complexity index is 717. The van der Waals surface area contributed by atoms with Gasteiger partial charge < -0.3 is 10.1 Å². The number of nitrogens with zero attached hydrogens (tertiary/aromatic N) is 1. The maximum absolute atomic E-state index is 9.53. The fourth-order valence-corrected chi connectivity index (χ4v) is 2.18. The van der Waals surface area contributed by atoms with Crippen molar-refractivity contribution in [2.24, 2.45) is 0 Å². The zero-order valence-corrected chi connectivity index (χ0v) is 11.1. The monoisotopic (exact) mass is 272 g/mol. The van der Waals surface area contributed by atoms with E-state index in [1.165, 1.54) is 0 Å². The normalized spacial score (nSPS) is 12.8. The summed E-state index contributed by atoms with van der Waals surface area (Å²) in [4.78, 5) is 7.46. The Morgan fingerprint density at radius 3 is 2.47 bits per heavy atom. The third kappa shape index (κ3) is 2.35. The number of imidazole rings is 1. The van der Waals surface area contributed by atoms with E-state index in [9.17, 15) is 5.11 Å². The van der Waals surface area contributed by atoms with Crippen LogP contribution in [0, 0.1) is 0 Å². The number of aromatic nitrogens is 2. The Balaban J connectivity index is 2.08. The Labute approximate surface area is 115 Å². The van der Waals surface area contributed by atoms with Gasteiger partial charge in [0, 0.05) is 5.02 Å². The minimum absolute atomic E-state index is 0.586. The maximum atomic E-state index is 9.53. The average Bonchev–Trinajstić information content (AvgIpc) is 2.82. The first-order valence-corrected chi connectivity index (χ1v) is 6.45. The summed E-state index contributed by atoms with van der Waals surface area (Å²) in [6, 6.07) is 13.7. The summed E-state index contributed by atoms with van der Waals surface area (Å²) in [5.41, 5.74) is 3.96. The predicted octanol–water partition coefficient (Wildman–Crippen LogP) is 3.94. The highest BCUT2D eigenvalue weighted by molar-refractivity contribution is 6.30. The van der Waals surface area contributed by atoms with Crippen LogP contribution in [0.5, 0.6) is 0 Å². The molecule has 2 aromatic carbocycles. The molecule has 1 aromatic heterocycles. The van der Waals surface area contributed by atoms with Gasteiger partial charge in [-0.05, 0) is 42.3 Å². The highest BCUT2D eigenvalue weighted by Gasteiger charge is 2.08. The van der Waals surface area contributed by atoms with Crippen LogP contribution in [0.3, 0.4) is 0 Å². The minimum Gasteiger partial charge on any atom is -0.385 e. The highest BCUT2D eigenvalue weighted by atomic mass is 35.5. The molecule has 0 aliphatic rings. The molecule has 0 saturated heterocycles. The van der Waals surface area contributed by atoms with Crippen molar-refractivity contribution in [2.75, 3.05) is 0 Å². The topological polar surface area (TPSA) is 48.9 Å². The van der Waals surface area contributed by atoms with Gasteiger partial charge in [-0.25, -0.2) is 4.98 Å². The lowest BCUT2D eigenvalue weighted by Crippen LogP contribution is -1.92. The number of benzene rings is 2. The van der Waals surface area contributed by atoms with Gasteiger partial charge in [0.15, 0.2) is 0 Å². The second-order valence-electron chi connectivity index (χ2n) is 4.54. The van der Waals surface area contributed by atoms with Crippen molar-refractivity contribution in [3.63, 3.8) is 0 Å². The molecule has 0 radical (unpaired) electrons. The Morgan fingerprint density at radius 2 is 1.79 bits per heavy atom. The lowest BCUT2D eigenvalue weighted by molar-refractivity contribution is 0.190. The third-order valence-electron chi connectivity index (χ3n) is 3.07. The number of aliphatic hydroxyl groups excluding tert-OH is 1. The summed E-state index contributed by atoms with van der Waals surface area (Å²) < 4.78 is 0. The van der Waals surface area contributed by atoms with Crippen LogP contribution in [-0.2, 0) is 0 Å². The standard InChI is InChI=1S/C15H13ClN2O/c1-9(19)15-17-13-7-4-11(8-14(13)18-15)10-2-5-12(16)6-3-10/h2-9,19H,1H3,(H,17,18)/t9-/m1/s1. The quantitative estimate of drug-likeness (QED) is 0.742. The molecule has 0 aliphatic heterocycles. The van der Waals surface area contributed by atoms with E-state index in [0.29, 0.717) is 5.82 Å². The molecule has 3 rings (SSSR count). The molecule has 0 aliphatic carbocycles. The number of aliphatic hydroxyl groups is 1. The van der Waals surface area contributed by atoms with Crippen LogP contribution in [0.1, 0.15) is 18.9 Å². The smallest absolute Gasteiger partial charge is 0.135 e. The number of nitrogens with one attached hydrogen (secondary N) is 1. The Morgan fingerprint density at radius 1 is 1.11 bits per heavy atom. The maximum Gasteiger partial charge on any atom is 0.135 e. The van der Waals surface area contributed by atoms with Crippen molar-refractivity contribution in [2.45, 2.75) is 13.0 Å². The van der Waals surface area contributed by atoms with Crippen molar-refractivity contribution < 1.29 is 5.11 Å². The van der Waals surface area contributed by atoms with Gasteiger partial charge in [-0.3, -0.25) is 0 Å². The molecule has 0 saturated carbocycles. The van der Waals surface area contributed by atoms with Gasteiger partial charge in [-0.1, -0.05) is 29.8 Å². The van der Waals surface area contributed by atoms with E-state index in [2.05, 4.69) is 9.97 Å². The zero-order valence-electron chi connectivity index (χ0n) is 10.4. The van der Waals surface area contributed by atoms with E-state index in [1.54, 1.807) is 6.92 Å². The minimum atomic E-state index is -0.591. The third-order valence-corrected chi connectivity index (χ3v) is 3.33. The molecule has 1 atom stereocenters. The van der Waals surface area contributed by atoms with Crippen LogP contribution in [-0.4, -0.2) is 15.1 Å². The van der Waals surface area contributed by atoms with Crippen LogP contribution in [0.25, 0.3) is 22.2 Å². The Hall–Kier alpha value is -1.84. The molecule has 0 bridgehead atoms. The Kier molecular flexibility index (Phi) is 3.01. The summed E-state index contributed by atoms with van der Waals surface area (Å²) in [6.45, 7) is 1.69. The molecule has 96 valence electrons. The molecule has 4 heteroatoms. The van der Waals surface area contributed by atoms with Crippen LogP contribution < -0.4 is 0 Å². The SMILES string of the molecule is C[C@@H](O)c1nc2ccc(-c3ccc(Cl)cc3)cc2[nH]1. The van der Waals surface area contributed by atoms with Crippen LogP contribution in [0.15, 0.2) is 42.5 Å². The largest absolute Gasteiger partial charge is 0.385 e.